The normalized spacial score (nSPS) is 13.6. The molecule has 7 nitrogen and oxygen atoms in total. The lowest BCUT2D eigenvalue weighted by atomic mass is 10.1. The Bertz CT molecular complexity index is 1350. The van der Waals surface area contributed by atoms with Gasteiger partial charge in [-0.15, -0.1) is 0 Å². The molecule has 0 saturated heterocycles. The molecule has 0 radical (unpaired) electrons. The molecular weight excluding hydrogens is 448 g/mol. The fraction of sp³-hybridized carbons (Fsp3) is 0.269. The second-order valence-corrected chi connectivity index (χ2v) is 9.22. The molecule has 1 aliphatic rings. The molecule has 2 aromatic heterocycles. The van der Waals surface area contributed by atoms with E-state index in [9.17, 15) is 4.79 Å². The zero-order chi connectivity index (χ0) is 23.5. The summed E-state index contributed by atoms with van der Waals surface area (Å²) in [6.45, 7) is 4.22. The van der Waals surface area contributed by atoms with Crippen molar-refractivity contribution in [3.63, 3.8) is 0 Å². The van der Waals surface area contributed by atoms with Gasteiger partial charge in [0.05, 0.1) is 29.6 Å². The van der Waals surface area contributed by atoms with Crippen LogP contribution in [-0.2, 0) is 25.3 Å². The molecule has 3 heterocycles. The summed E-state index contributed by atoms with van der Waals surface area (Å²) in [5, 5.41) is 0.613. The maximum absolute atomic E-state index is 12.8. The Morgan fingerprint density at radius 1 is 1.12 bits per heavy atom. The van der Waals surface area contributed by atoms with E-state index in [0.717, 1.165) is 47.8 Å². The number of ether oxygens (including phenoxy) is 1. The van der Waals surface area contributed by atoms with Crippen LogP contribution in [-0.4, -0.2) is 33.5 Å². The summed E-state index contributed by atoms with van der Waals surface area (Å²) in [6.07, 6.45) is 0.764. The average Bonchev–Trinajstić information content (AvgIpc) is 3.24. The zero-order valence-corrected chi connectivity index (χ0v) is 20.0. The van der Waals surface area contributed by atoms with Crippen LogP contribution in [0.5, 0.6) is 5.75 Å². The van der Waals surface area contributed by atoms with Gasteiger partial charge in [-0.2, -0.15) is 0 Å². The van der Waals surface area contributed by atoms with Crippen molar-refractivity contribution in [3.05, 3.63) is 93.2 Å². The number of para-hydroxylation sites is 1. The summed E-state index contributed by atoms with van der Waals surface area (Å²) < 4.78 is 11.3. The van der Waals surface area contributed by atoms with Crippen molar-refractivity contribution in [2.45, 2.75) is 37.3 Å². The molecule has 0 unspecified atom stereocenters. The molecule has 0 aliphatic carbocycles. The van der Waals surface area contributed by atoms with E-state index in [2.05, 4.69) is 27.0 Å². The average molecular weight is 475 g/mol. The molecule has 4 aromatic rings. The molecule has 8 heteroatoms. The maximum Gasteiger partial charge on any atom is 0.256 e. The van der Waals surface area contributed by atoms with Crippen LogP contribution >= 0.6 is 11.8 Å². The maximum atomic E-state index is 12.8. The smallest absolute Gasteiger partial charge is 0.256 e. The molecule has 5 rings (SSSR count). The highest BCUT2D eigenvalue weighted by Crippen LogP contribution is 2.32. The van der Waals surface area contributed by atoms with Gasteiger partial charge in [-0.25, -0.2) is 9.97 Å². The number of rotatable bonds is 7. The van der Waals surface area contributed by atoms with Gasteiger partial charge in [0.2, 0.25) is 5.89 Å². The molecule has 34 heavy (non-hydrogen) atoms. The minimum absolute atomic E-state index is 0.0585. The Morgan fingerprint density at radius 3 is 2.74 bits per heavy atom. The summed E-state index contributed by atoms with van der Waals surface area (Å²) in [7, 11) is 1.63. The van der Waals surface area contributed by atoms with Crippen molar-refractivity contribution in [3.8, 4) is 17.2 Å². The van der Waals surface area contributed by atoms with Crippen molar-refractivity contribution in [1.82, 2.24) is 19.9 Å². The molecule has 0 atom stereocenters. The SMILES string of the molecule is COc1ccccc1-c1nc(CSc2nc3c(c(=O)[nH]2)CN(Cc2ccccc2)CC3)c(C)o1. The summed E-state index contributed by atoms with van der Waals surface area (Å²) in [4.78, 5) is 27.5. The van der Waals surface area contributed by atoms with Crippen LogP contribution in [0.4, 0.5) is 0 Å². The molecule has 2 aromatic carbocycles. The summed E-state index contributed by atoms with van der Waals surface area (Å²) >= 11 is 1.46. The summed E-state index contributed by atoms with van der Waals surface area (Å²) in [6, 6.07) is 18.0. The van der Waals surface area contributed by atoms with Gasteiger partial charge in [0.1, 0.15) is 11.5 Å². The van der Waals surface area contributed by atoms with E-state index in [1.54, 1.807) is 7.11 Å². The number of fused-ring (bicyclic) bond motifs is 1. The predicted octanol–water partition coefficient (Wildman–Crippen LogP) is 4.59. The lowest BCUT2D eigenvalue weighted by Crippen LogP contribution is -2.35. The first-order valence-corrected chi connectivity index (χ1v) is 12.2. The molecule has 0 bridgehead atoms. The topological polar surface area (TPSA) is 84.2 Å². The molecule has 0 fully saturated rings. The number of hydrogen-bond donors (Lipinski definition) is 1. The van der Waals surface area contributed by atoms with Gasteiger partial charge in [-0.3, -0.25) is 9.69 Å². The highest BCUT2D eigenvalue weighted by atomic mass is 32.2. The molecule has 0 saturated carbocycles. The van der Waals surface area contributed by atoms with Crippen LogP contribution < -0.4 is 10.3 Å². The minimum atomic E-state index is -0.0585. The number of benzene rings is 2. The van der Waals surface area contributed by atoms with Crippen molar-refractivity contribution < 1.29 is 9.15 Å². The van der Waals surface area contributed by atoms with Crippen LogP contribution in [0.15, 0.2) is 69.0 Å². The minimum Gasteiger partial charge on any atom is -0.496 e. The van der Waals surface area contributed by atoms with Crippen molar-refractivity contribution in [1.29, 1.82) is 0 Å². The van der Waals surface area contributed by atoms with E-state index in [4.69, 9.17) is 14.1 Å². The number of hydrogen-bond acceptors (Lipinski definition) is 7. The van der Waals surface area contributed by atoms with Gasteiger partial charge in [0, 0.05) is 31.8 Å². The van der Waals surface area contributed by atoms with Crippen LogP contribution in [0.2, 0.25) is 0 Å². The Kier molecular flexibility index (Phi) is 6.51. The lowest BCUT2D eigenvalue weighted by molar-refractivity contribution is 0.241. The zero-order valence-electron chi connectivity index (χ0n) is 19.2. The fourth-order valence-corrected chi connectivity index (χ4v) is 5.02. The van der Waals surface area contributed by atoms with Gasteiger partial charge in [-0.05, 0) is 24.6 Å². The number of H-pyrrole nitrogens is 1. The van der Waals surface area contributed by atoms with Crippen molar-refractivity contribution >= 4 is 11.8 Å². The number of nitrogens with one attached hydrogen (secondary N) is 1. The number of aromatic amines is 1. The largest absolute Gasteiger partial charge is 0.496 e. The standard InChI is InChI=1S/C26H26N4O3S/c1-17-22(27-25(33-17)19-10-6-7-11-23(19)32-2)16-34-26-28-21-12-13-30(15-20(21)24(31)29-26)14-18-8-4-3-5-9-18/h3-11H,12-16H2,1-2H3,(H,28,29,31). The van der Waals surface area contributed by atoms with E-state index in [1.807, 2.05) is 49.4 Å². The number of thioether (sulfide) groups is 1. The quantitative estimate of drug-likeness (QED) is 0.310. The monoisotopic (exact) mass is 474 g/mol. The van der Waals surface area contributed by atoms with Gasteiger partial charge in [0.15, 0.2) is 5.16 Å². The van der Waals surface area contributed by atoms with Crippen LogP contribution in [0.25, 0.3) is 11.5 Å². The summed E-state index contributed by atoms with van der Waals surface area (Å²) in [5.74, 6) is 2.53. The molecular formula is C26H26N4O3S. The lowest BCUT2D eigenvalue weighted by Gasteiger charge is -2.27. The molecule has 0 amide bonds. The second-order valence-electron chi connectivity index (χ2n) is 8.25. The van der Waals surface area contributed by atoms with Gasteiger partial charge < -0.3 is 14.1 Å². The van der Waals surface area contributed by atoms with Crippen LogP contribution in [0, 0.1) is 6.92 Å². The van der Waals surface area contributed by atoms with Gasteiger partial charge in [0.25, 0.3) is 5.56 Å². The van der Waals surface area contributed by atoms with Crippen LogP contribution in [0.3, 0.4) is 0 Å². The Morgan fingerprint density at radius 2 is 1.91 bits per heavy atom. The highest BCUT2D eigenvalue weighted by Gasteiger charge is 2.22. The Labute approximate surface area is 202 Å². The van der Waals surface area contributed by atoms with E-state index >= 15 is 0 Å². The molecule has 1 N–H and O–H groups in total. The predicted molar refractivity (Wildman–Crippen MR) is 132 cm³/mol. The summed E-state index contributed by atoms with van der Waals surface area (Å²) in [5.41, 5.74) is 4.48. The van der Waals surface area contributed by atoms with E-state index in [-0.39, 0.29) is 5.56 Å². The first-order chi connectivity index (χ1) is 16.6. The van der Waals surface area contributed by atoms with Gasteiger partial charge in [-0.1, -0.05) is 54.2 Å². The molecule has 1 aliphatic heterocycles. The van der Waals surface area contributed by atoms with Crippen molar-refractivity contribution in [2.75, 3.05) is 13.7 Å². The van der Waals surface area contributed by atoms with Crippen molar-refractivity contribution in [2.24, 2.45) is 0 Å². The highest BCUT2D eigenvalue weighted by molar-refractivity contribution is 7.98. The third-order valence-corrected chi connectivity index (χ3v) is 6.84. The number of aromatic nitrogens is 3. The third-order valence-electron chi connectivity index (χ3n) is 5.95. The molecule has 174 valence electrons. The fourth-order valence-electron chi connectivity index (χ4n) is 4.14. The van der Waals surface area contributed by atoms with E-state index < -0.39 is 0 Å². The number of nitrogens with zero attached hydrogens (tertiary/aromatic N) is 3. The first-order valence-electron chi connectivity index (χ1n) is 11.2. The van der Waals surface area contributed by atoms with E-state index in [1.165, 1.54) is 17.3 Å². The van der Waals surface area contributed by atoms with Crippen LogP contribution in [0.1, 0.15) is 28.3 Å². The number of methoxy groups -OCH3 is 1. The Balaban J connectivity index is 1.28. The number of aryl methyl sites for hydroxylation is 1. The first kappa shape index (κ1) is 22.4. The van der Waals surface area contributed by atoms with Gasteiger partial charge >= 0.3 is 0 Å². The second kappa shape index (κ2) is 9.87. The molecule has 0 spiro atoms. The Hall–Kier alpha value is -3.36. The third kappa shape index (κ3) is 4.78. The number of oxazole rings is 1. The van der Waals surface area contributed by atoms with E-state index in [0.29, 0.717) is 29.1 Å².